The minimum atomic E-state index is -3.64. The standard InChI is InChI=1S/C13H20ClN3O3S2.ClH/c1-21-8-5-12(15)13(18)16-6-7-17-22(19,20)11-4-2-3-10(14)9-11;/h2-4,9,12,17H,5-8,15H2,1H3,(H,16,18);1H/t12-;/m0./s1. The maximum absolute atomic E-state index is 12.0. The number of rotatable bonds is 9. The molecular formula is C13H21Cl2N3O3S2. The van der Waals surface area contributed by atoms with E-state index in [1.54, 1.807) is 23.9 Å². The fourth-order valence-electron chi connectivity index (χ4n) is 1.60. The molecule has 10 heteroatoms. The van der Waals surface area contributed by atoms with Crippen molar-refractivity contribution >= 4 is 51.7 Å². The molecule has 4 N–H and O–H groups in total. The van der Waals surface area contributed by atoms with Crippen molar-refractivity contribution in [2.24, 2.45) is 5.73 Å². The van der Waals surface area contributed by atoms with Crippen LogP contribution < -0.4 is 15.8 Å². The molecule has 1 aromatic carbocycles. The Hall–Kier alpha value is -0.510. The molecule has 0 fully saturated rings. The number of hydrogen-bond acceptors (Lipinski definition) is 5. The van der Waals surface area contributed by atoms with Crippen molar-refractivity contribution in [3.63, 3.8) is 0 Å². The molecule has 1 amide bonds. The summed E-state index contributed by atoms with van der Waals surface area (Å²) in [7, 11) is -3.64. The third-order valence-corrected chi connectivity index (χ3v) is 5.13. The molecule has 1 rings (SSSR count). The highest BCUT2D eigenvalue weighted by Crippen LogP contribution is 2.14. The Morgan fingerprint density at radius 3 is 2.70 bits per heavy atom. The number of carbonyl (C=O) groups is 1. The van der Waals surface area contributed by atoms with Gasteiger partial charge < -0.3 is 11.1 Å². The average molecular weight is 402 g/mol. The highest BCUT2D eigenvalue weighted by Gasteiger charge is 2.15. The predicted octanol–water partition coefficient (Wildman–Crippen LogP) is 1.24. The third kappa shape index (κ3) is 8.23. The van der Waals surface area contributed by atoms with Crippen molar-refractivity contribution in [2.75, 3.05) is 25.1 Å². The van der Waals surface area contributed by atoms with Crippen LogP contribution in [0.3, 0.4) is 0 Å². The highest BCUT2D eigenvalue weighted by molar-refractivity contribution is 7.98. The van der Waals surface area contributed by atoms with Gasteiger partial charge in [-0.05, 0) is 36.6 Å². The minimum absolute atomic E-state index is 0. The van der Waals surface area contributed by atoms with Crippen LogP contribution in [0.25, 0.3) is 0 Å². The summed E-state index contributed by atoms with van der Waals surface area (Å²) in [5, 5.41) is 2.94. The Kier molecular flexibility index (Phi) is 10.9. The van der Waals surface area contributed by atoms with Crippen LogP contribution in [-0.4, -0.2) is 45.5 Å². The van der Waals surface area contributed by atoms with Gasteiger partial charge in [0, 0.05) is 18.1 Å². The topological polar surface area (TPSA) is 101 Å². The monoisotopic (exact) mass is 401 g/mol. The molecule has 0 saturated heterocycles. The van der Waals surface area contributed by atoms with Gasteiger partial charge in [0.15, 0.2) is 0 Å². The Morgan fingerprint density at radius 2 is 2.09 bits per heavy atom. The Morgan fingerprint density at radius 1 is 1.39 bits per heavy atom. The highest BCUT2D eigenvalue weighted by atomic mass is 35.5. The van der Waals surface area contributed by atoms with Crippen LogP contribution in [0.2, 0.25) is 5.02 Å². The lowest BCUT2D eigenvalue weighted by Gasteiger charge is -2.12. The number of nitrogens with two attached hydrogens (primary N) is 1. The molecule has 0 aliphatic heterocycles. The molecule has 0 heterocycles. The first-order valence-corrected chi connectivity index (χ1v) is 9.90. The van der Waals surface area contributed by atoms with E-state index in [1.165, 1.54) is 12.1 Å². The van der Waals surface area contributed by atoms with Crippen LogP contribution >= 0.6 is 35.8 Å². The summed E-state index contributed by atoms with van der Waals surface area (Å²) in [4.78, 5) is 11.7. The van der Waals surface area contributed by atoms with Crippen LogP contribution in [-0.2, 0) is 14.8 Å². The molecule has 132 valence electrons. The SMILES string of the molecule is CSCC[C@H](N)C(=O)NCCNS(=O)(=O)c1cccc(Cl)c1.Cl. The van der Waals surface area contributed by atoms with E-state index >= 15 is 0 Å². The van der Waals surface area contributed by atoms with Crippen LogP contribution in [0.1, 0.15) is 6.42 Å². The van der Waals surface area contributed by atoms with Crippen LogP contribution in [0.5, 0.6) is 0 Å². The number of carbonyl (C=O) groups excluding carboxylic acids is 1. The van der Waals surface area contributed by atoms with Gasteiger partial charge in [-0.2, -0.15) is 11.8 Å². The number of thioether (sulfide) groups is 1. The fourth-order valence-corrected chi connectivity index (χ4v) is 3.42. The van der Waals surface area contributed by atoms with Crippen molar-refractivity contribution < 1.29 is 13.2 Å². The third-order valence-electron chi connectivity index (χ3n) is 2.79. The Labute approximate surface area is 152 Å². The summed E-state index contributed by atoms with van der Waals surface area (Å²) in [6, 6.07) is 5.39. The summed E-state index contributed by atoms with van der Waals surface area (Å²) in [6.45, 7) is 0.251. The van der Waals surface area contributed by atoms with E-state index in [-0.39, 0.29) is 36.3 Å². The van der Waals surface area contributed by atoms with Gasteiger partial charge in [-0.25, -0.2) is 13.1 Å². The fraction of sp³-hybridized carbons (Fsp3) is 0.462. The normalized spacial score (nSPS) is 12.3. The molecule has 0 bridgehead atoms. The number of hydrogen-bond donors (Lipinski definition) is 3. The Bertz CT molecular complexity index is 600. The molecule has 6 nitrogen and oxygen atoms in total. The number of benzene rings is 1. The molecule has 1 atom stereocenters. The predicted molar refractivity (Wildman–Crippen MR) is 97.9 cm³/mol. The van der Waals surface area contributed by atoms with Crippen molar-refractivity contribution in [3.8, 4) is 0 Å². The second-order valence-electron chi connectivity index (χ2n) is 4.53. The first kappa shape index (κ1) is 22.5. The summed E-state index contributed by atoms with van der Waals surface area (Å²) < 4.78 is 26.4. The van der Waals surface area contributed by atoms with Crippen LogP contribution in [0.15, 0.2) is 29.2 Å². The molecule has 1 aromatic rings. The van der Waals surface area contributed by atoms with Crippen molar-refractivity contribution in [1.29, 1.82) is 0 Å². The van der Waals surface area contributed by atoms with Crippen molar-refractivity contribution in [3.05, 3.63) is 29.3 Å². The number of nitrogens with one attached hydrogen (secondary N) is 2. The maximum atomic E-state index is 12.0. The van der Waals surface area contributed by atoms with Gasteiger partial charge in [0.1, 0.15) is 0 Å². The number of halogens is 2. The average Bonchev–Trinajstić information content (AvgIpc) is 2.49. The van der Waals surface area contributed by atoms with E-state index in [0.717, 1.165) is 5.75 Å². The molecule has 0 aromatic heterocycles. The molecule has 0 spiro atoms. The minimum Gasteiger partial charge on any atom is -0.353 e. The number of sulfonamides is 1. The van der Waals surface area contributed by atoms with Gasteiger partial charge >= 0.3 is 0 Å². The molecule has 23 heavy (non-hydrogen) atoms. The van der Waals surface area contributed by atoms with Gasteiger partial charge in [0.25, 0.3) is 0 Å². The van der Waals surface area contributed by atoms with Gasteiger partial charge in [-0.1, -0.05) is 17.7 Å². The lowest BCUT2D eigenvalue weighted by Crippen LogP contribution is -2.43. The van der Waals surface area contributed by atoms with E-state index in [4.69, 9.17) is 17.3 Å². The zero-order chi connectivity index (χ0) is 16.6. The van der Waals surface area contributed by atoms with Crippen molar-refractivity contribution in [1.82, 2.24) is 10.0 Å². The molecule has 0 aliphatic carbocycles. The second kappa shape index (κ2) is 11.1. The summed E-state index contributed by atoms with van der Waals surface area (Å²) in [6.07, 6.45) is 2.52. The maximum Gasteiger partial charge on any atom is 0.240 e. The summed E-state index contributed by atoms with van der Waals surface area (Å²) in [5.41, 5.74) is 5.70. The van der Waals surface area contributed by atoms with Gasteiger partial charge in [-0.15, -0.1) is 12.4 Å². The first-order chi connectivity index (χ1) is 10.4. The molecule has 0 radical (unpaired) electrons. The zero-order valence-corrected chi connectivity index (χ0v) is 15.8. The molecular weight excluding hydrogens is 381 g/mol. The smallest absolute Gasteiger partial charge is 0.240 e. The Balaban J connectivity index is 0.00000484. The van der Waals surface area contributed by atoms with E-state index in [0.29, 0.717) is 11.4 Å². The van der Waals surface area contributed by atoms with Gasteiger partial charge in [0.2, 0.25) is 15.9 Å². The van der Waals surface area contributed by atoms with E-state index in [1.807, 2.05) is 6.26 Å². The largest absolute Gasteiger partial charge is 0.353 e. The quantitative estimate of drug-likeness (QED) is 0.540. The van der Waals surface area contributed by atoms with Crippen LogP contribution in [0.4, 0.5) is 0 Å². The molecule has 0 unspecified atom stereocenters. The lowest BCUT2D eigenvalue weighted by atomic mass is 10.2. The first-order valence-electron chi connectivity index (χ1n) is 6.64. The summed E-state index contributed by atoms with van der Waals surface area (Å²) >= 11 is 7.38. The van der Waals surface area contributed by atoms with E-state index < -0.39 is 16.1 Å². The second-order valence-corrected chi connectivity index (χ2v) is 7.72. The molecule has 0 aliphatic rings. The molecule has 0 saturated carbocycles. The zero-order valence-electron chi connectivity index (χ0n) is 12.6. The lowest BCUT2D eigenvalue weighted by molar-refractivity contribution is -0.122. The number of amides is 1. The van der Waals surface area contributed by atoms with Gasteiger partial charge in [0.05, 0.1) is 10.9 Å². The van der Waals surface area contributed by atoms with Crippen LogP contribution in [0, 0.1) is 0 Å². The van der Waals surface area contributed by atoms with E-state index in [2.05, 4.69) is 10.0 Å². The van der Waals surface area contributed by atoms with Crippen molar-refractivity contribution in [2.45, 2.75) is 17.4 Å². The van der Waals surface area contributed by atoms with E-state index in [9.17, 15) is 13.2 Å². The summed E-state index contributed by atoms with van der Waals surface area (Å²) in [5.74, 6) is 0.520. The van der Waals surface area contributed by atoms with Gasteiger partial charge in [-0.3, -0.25) is 4.79 Å².